The van der Waals surface area contributed by atoms with E-state index < -0.39 is 0 Å². The van der Waals surface area contributed by atoms with Gasteiger partial charge in [0.2, 0.25) is 5.91 Å². The van der Waals surface area contributed by atoms with Crippen molar-refractivity contribution in [2.24, 2.45) is 5.92 Å². The molecule has 0 aromatic heterocycles. The van der Waals surface area contributed by atoms with E-state index in [1.165, 1.54) is 12.8 Å². The van der Waals surface area contributed by atoms with Crippen LogP contribution >= 0.6 is 12.4 Å². The first-order valence-electron chi connectivity index (χ1n) is 6.74. The van der Waals surface area contributed by atoms with E-state index in [1.54, 1.807) is 0 Å². The number of anilines is 1. The zero-order chi connectivity index (χ0) is 13.0. The third-order valence-electron chi connectivity index (χ3n) is 3.66. The summed E-state index contributed by atoms with van der Waals surface area (Å²) in [6.45, 7) is 0.897. The van der Waals surface area contributed by atoms with Gasteiger partial charge in [-0.15, -0.1) is 12.4 Å². The molecule has 0 unspecified atom stereocenters. The van der Waals surface area contributed by atoms with Crippen LogP contribution in [0.2, 0.25) is 0 Å². The van der Waals surface area contributed by atoms with Gasteiger partial charge in [0.1, 0.15) is 0 Å². The lowest BCUT2D eigenvalue weighted by Gasteiger charge is -2.17. The molecule has 0 atom stereocenters. The average Bonchev–Trinajstić information content (AvgIpc) is 3.18. The Bertz CT molecular complexity index is 418. The Morgan fingerprint density at radius 1 is 1.37 bits per heavy atom. The molecule has 0 bridgehead atoms. The monoisotopic (exact) mass is 282 g/mol. The number of rotatable bonds is 6. The van der Waals surface area contributed by atoms with Gasteiger partial charge in [0.05, 0.1) is 0 Å². The smallest absolute Gasteiger partial charge is 0.222 e. The molecule has 0 heterocycles. The van der Waals surface area contributed by atoms with Crippen LogP contribution in [0.4, 0.5) is 5.69 Å². The van der Waals surface area contributed by atoms with Gasteiger partial charge >= 0.3 is 0 Å². The predicted molar refractivity (Wildman–Crippen MR) is 81.4 cm³/mol. The highest BCUT2D eigenvalue weighted by Gasteiger charge is 2.22. The Morgan fingerprint density at radius 3 is 2.68 bits per heavy atom. The quantitative estimate of drug-likeness (QED) is 0.816. The topological polar surface area (TPSA) is 46.3 Å². The van der Waals surface area contributed by atoms with E-state index in [9.17, 15) is 4.79 Å². The first-order valence-corrected chi connectivity index (χ1v) is 6.74. The highest BCUT2D eigenvalue weighted by molar-refractivity contribution is 5.85. The first-order chi connectivity index (χ1) is 8.66. The fourth-order valence-electron chi connectivity index (χ4n) is 2.10. The van der Waals surface area contributed by atoms with Crippen molar-refractivity contribution in [1.29, 1.82) is 0 Å². The van der Waals surface area contributed by atoms with Crippen molar-refractivity contribution in [3.05, 3.63) is 29.8 Å². The minimum absolute atomic E-state index is 0. The summed E-state index contributed by atoms with van der Waals surface area (Å²) in [5.41, 5.74) is 7.72. The molecule has 1 aliphatic carbocycles. The van der Waals surface area contributed by atoms with Crippen molar-refractivity contribution in [3.63, 3.8) is 0 Å². The fraction of sp³-hybridized carbons (Fsp3) is 0.533. The van der Waals surface area contributed by atoms with Crippen LogP contribution in [-0.2, 0) is 11.2 Å². The standard InChI is InChI=1S/C15H22N2O.ClH/c1-17(11-10-12-6-7-12)15(18)9-8-13-4-2-3-5-14(13)16;/h2-5,12H,6-11,16H2,1H3;1H. The van der Waals surface area contributed by atoms with Gasteiger partial charge in [0.15, 0.2) is 0 Å². The maximum absolute atomic E-state index is 11.9. The highest BCUT2D eigenvalue weighted by Crippen LogP contribution is 2.32. The van der Waals surface area contributed by atoms with Crippen LogP contribution in [0.3, 0.4) is 0 Å². The number of nitrogens with two attached hydrogens (primary N) is 1. The molecule has 1 amide bonds. The third kappa shape index (κ3) is 5.11. The zero-order valence-electron chi connectivity index (χ0n) is 11.5. The number of carbonyl (C=O) groups excluding carboxylic acids is 1. The van der Waals surface area contributed by atoms with E-state index in [0.29, 0.717) is 6.42 Å². The van der Waals surface area contributed by atoms with Crippen LogP contribution in [0.25, 0.3) is 0 Å². The van der Waals surface area contributed by atoms with E-state index in [-0.39, 0.29) is 18.3 Å². The summed E-state index contributed by atoms with van der Waals surface area (Å²) in [4.78, 5) is 13.8. The number of nitrogen functional groups attached to an aromatic ring is 1. The molecule has 1 aromatic carbocycles. The number of nitrogens with zero attached hydrogens (tertiary/aromatic N) is 1. The maximum atomic E-state index is 11.9. The van der Waals surface area contributed by atoms with Gasteiger partial charge in [-0.1, -0.05) is 31.0 Å². The lowest BCUT2D eigenvalue weighted by Crippen LogP contribution is -2.28. The van der Waals surface area contributed by atoms with Crippen LogP contribution < -0.4 is 5.73 Å². The van der Waals surface area contributed by atoms with E-state index in [2.05, 4.69) is 0 Å². The van der Waals surface area contributed by atoms with Crippen LogP contribution in [0.1, 0.15) is 31.2 Å². The molecule has 3 nitrogen and oxygen atoms in total. The summed E-state index contributed by atoms with van der Waals surface area (Å²) in [7, 11) is 1.90. The van der Waals surface area contributed by atoms with E-state index in [1.807, 2.05) is 36.2 Å². The SMILES string of the molecule is CN(CCC1CC1)C(=O)CCc1ccccc1N.Cl. The van der Waals surface area contributed by atoms with Gasteiger partial charge in [-0.2, -0.15) is 0 Å². The number of carbonyl (C=O) groups is 1. The molecular weight excluding hydrogens is 260 g/mol. The Morgan fingerprint density at radius 2 is 2.05 bits per heavy atom. The second kappa shape index (κ2) is 7.39. The van der Waals surface area contributed by atoms with Crippen molar-refractivity contribution in [1.82, 2.24) is 4.90 Å². The Balaban J connectivity index is 0.00000180. The van der Waals surface area contributed by atoms with Crippen LogP contribution in [0, 0.1) is 5.92 Å². The summed E-state index contributed by atoms with van der Waals surface area (Å²) >= 11 is 0. The van der Waals surface area contributed by atoms with Gasteiger partial charge in [-0.25, -0.2) is 0 Å². The zero-order valence-corrected chi connectivity index (χ0v) is 12.3. The Kier molecular flexibility index (Phi) is 6.16. The molecule has 4 heteroatoms. The fourth-order valence-corrected chi connectivity index (χ4v) is 2.10. The van der Waals surface area contributed by atoms with E-state index in [0.717, 1.165) is 36.6 Å². The first kappa shape index (κ1) is 15.8. The number of para-hydroxylation sites is 1. The third-order valence-corrected chi connectivity index (χ3v) is 3.66. The van der Waals surface area contributed by atoms with Crippen molar-refractivity contribution in [3.8, 4) is 0 Å². The van der Waals surface area contributed by atoms with Crippen molar-refractivity contribution in [2.75, 3.05) is 19.3 Å². The van der Waals surface area contributed by atoms with Gasteiger partial charge < -0.3 is 10.6 Å². The predicted octanol–water partition coefficient (Wildman–Crippen LogP) is 2.88. The molecular formula is C15H23ClN2O. The van der Waals surface area contributed by atoms with Crippen molar-refractivity contribution in [2.45, 2.75) is 32.1 Å². The molecule has 1 saturated carbocycles. The number of hydrogen-bond donors (Lipinski definition) is 1. The van der Waals surface area contributed by atoms with Gasteiger partial charge in [-0.05, 0) is 30.4 Å². The molecule has 1 aliphatic rings. The summed E-state index contributed by atoms with van der Waals surface area (Å²) in [6, 6.07) is 7.76. The molecule has 19 heavy (non-hydrogen) atoms. The molecule has 1 fully saturated rings. The van der Waals surface area contributed by atoms with Crippen molar-refractivity contribution >= 4 is 24.0 Å². The second-order valence-corrected chi connectivity index (χ2v) is 5.25. The van der Waals surface area contributed by atoms with Gasteiger partial charge in [0, 0.05) is 25.7 Å². The minimum atomic E-state index is 0. The van der Waals surface area contributed by atoms with E-state index >= 15 is 0 Å². The molecule has 0 radical (unpaired) electrons. The summed E-state index contributed by atoms with van der Waals surface area (Å²) in [6.07, 6.45) is 5.15. The normalized spacial score (nSPS) is 13.7. The molecule has 1 aromatic rings. The molecule has 0 saturated heterocycles. The summed E-state index contributed by atoms with van der Waals surface area (Å²) < 4.78 is 0. The van der Waals surface area contributed by atoms with Gasteiger partial charge in [0.25, 0.3) is 0 Å². The minimum Gasteiger partial charge on any atom is -0.399 e. The van der Waals surface area contributed by atoms with Crippen LogP contribution in [0.5, 0.6) is 0 Å². The highest BCUT2D eigenvalue weighted by atomic mass is 35.5. The van der Waals surface area contributed by atoms with Crippen LogP contribution in [0.15, 0.2) is 24.3 Å². The largest absolute Gasteiger partial charge is 0.399 e. The Hall–Kier alpha value is -1.22. The summed E-state index contributed by atoms with van der Waals surface area (Å²) in [5.74, 6) is 1.10. The van der Waals surface area contributed by atoms with Crippen LogP contribution in [-0.4, -0.2) is 24.4 Å². The van der Waals surface area contributed by atoms with E-state index in [4.69, 9.17) is 5.73 Å². The van der Waals surface area contributed by atoms with Crippen molar-refractivity contribution < 1.29 is 4.79 Å². The number of benzene rings is 1. The molecule has 2 N–H and O–H groups in total. The molecule has 0 aliphatic heterocycles. The Labute approximate surface area is 121 Å². The molecule has 0 spiro atoms. The maximum Gasteiger partial charge on any atom is 0.222 e. The lowest BCUT2D eigenvalue weighted by atomic mass is 10.1. The number of aryl methyl sites for hydroxylation is 1. The second-order valence-electron chi connectivity index (χ2n) is 5.25. The van der Waals surface area contributed by atoms with Gasteiger partial charge in [-0.3, -0.25) is 4.79 Å². The lowest BCUT2D eigenvalue weighted by molar-refractivity contribution is -0.129. The number of hydrogen-bond acceptors (Lipinski definition) is 2. The number of halogens is 1. The average molecular weight is 283 g/mol. The number of amides is 1. The molecule has 2 rings (SSSR count). The molecule has 106 valence electrons. The summed E-state index contributed by atoms with van der Waals surface area (Å²) in [5, 5.41) is 0.